The van der Waals surface area contributed by atoms with Crippen molar-refractivity contribution in [3.05, 3.63) is 22.8 Å². The Morgan fingerprint density at radius 1 is 1.48 bits per heavy atom. The van der Waals surface area contributed by atoms with Gasteiger partial charge in [0.25, 0.3) is 0 Å². The second-order valence-electron chi connectivity index (χ2n) is 5.20. The fourth-order valence-electron chi connectivity index (χ4n) is 2.50. The zero-order valence-corrected chi connectivity index (χ0v) is 13.8. The first kappa shape index (κ1) is 15.9. The first-order chi connectivity index (χ1) is 9.95. The van der Waals surface area contributed by atoms with Crippen molar-refractivity contribution in [1.82, 2.24) is 14.8 Å². The molecule has 2 heterocycles. The molecule has 7 heteroatoms. The van der Waals surface area contributed by atoms with Crippen LogP contribution in [0.2, 0.25) is 0 Å². The summed E-state index contributed by atoms with van der Waals surface area (Å²) >= 11 is 3.34. The average Bonchev–Trinajstić information content (AvgIpc) is 2.38. The van der Waals surface area contributed by atoms with Crippen molar-refractivity contribution < 1.29 is 9.59 Å². The lowest BCUT2D eigenvalue weighted by atomic mass is 10.2. The lowest BCUT2D eigenvalue weighted by molar-refractivity contribution is -0.133. The van der Waals surface area contributed by atoms with Gasteiger partial charge in [-0.15, -0.1) is 0 Å². The van der Waals surface area contributed by atoms with Crippen LogP contribution in [0.15, 0.2) is 22.8 Å². The molecular weight excluding hydrogens is 336 g/mol. The molecule has 1 aromatic rings. The van der Waals surface area contributed by atoms with E-state index >= 15 is 0 Å². The summed E-state index contributed by atoms with van der Waals surface area (Å²) < 4.78 is 0.872. The highest BCUT2D eigenvalue weighted by Gasteiger charge is 2.26. The molecule has 1 unspecified atom stereocenters. The number of halogens is 1. The van der Waals surface area contributed by atoms with Crippen LogP contribution in [0.3, 0.4) is 0 Å². The number of nitrogens with zero attached hydrogens (tertiary/aromatic N) is 3. The number of hydrogen-bond donors (Lipinski definition) is 1. The van der Waals surface area contributed by atoms with Gasteiger partial charge in [0, 0.05) is 43.3 Å². The summed E-state index contributed by atoms with van der Waals surface area (Å²) in [6.07, 6.45) is 1.63. The lowest BCUT2D eigenvalue weighted by Crippen LogP contribution is -2.54. The van der Waals surface area contributed by atoms with E-state index in [9.17, 15) is 9.59 Å². The van der Waals surface area contributed by atoms with E-state index in [2.05, 4.69) is 31.1 Å². The second-order valence-corrected chi connectivity index (χ2v) is 6.12. The quantitative estimate of drug-likeness (QED) is 0.889. The highest BCUT2D eigenvalue weighted by atomic mass is 79.9. The van der Waals surface area contributed by atoms with Gasteiger partial charge in [-0.25, -0.2) is 4.98 Å². The van der Waals surface area contributed by atoms with Crippen LogP contribution in [0.4, 0.5) is 5.82 Å². The Morgan fingerprint density at radius 2 is 2.24 bits per heavy atom. The summed E-state index contributed by atoms with van der Waals surface area (Å²) in [4.78, 5) is 31.4. The largest absolute Gasteiger partial charge is 0.338 e. The number of hydrogen-bond acceptors (Lipinski definition) is 4. The summed E-state index contributed by atoms with van der Waals surface area (Å²) in [5.74, 6) is 0.527. The van der Waals surface area contributed by atoms with E-state index in [1.165, 1.54) is 0 Å². The van der Waals surface area contributed by atoms with E-state index in [0.717, 1.165) is 4.47 Å². The number of pyridine rings is 1. The van der Waals surface area contributed by atoms with Crippen LogP contribution in [0.25, 0.3) is 0 Å². The third kappa shape index (κ3) is 4.50. The molecule has 1 saturated heterocycles. The Morgan fingerprint density at radius 3 is 2.86 bits per heavy atom. The van der Waals surface area contributed by atoms with E-state index in [0.29, 0.717) is 32.0 Å². The molecule has 1 aliphatic rings. The third-order valence-corrected chi connectivity index (χ3v) is 3.97. The van der Waals surface area contributed by atoms with Gasteiger partial charge in [-0.2, -0.15) is 0 Å². The van der Waals surface area contributed by atoms with Crippen LogP contribution in [-0.2, 0) is 9.59 Å². The Hall–Kier alpha value is -1.47. The average molecular weight is 355 g/mol. The zero-order valence-electron chi connectivity index (χ0n) is 12.2. The van der Waals surface area contributed by atoms with Crippen LogP contribution in [0.1, 0.15) is 13.8 Å². The van der Waals surface area contributed by atoms with Crippen molar-refractivity contribution in [2.75, 3.05) is 31.5 Å². The normalized spacial score (nSPS) is 19.4. The topological polar surface area (TPSA) is 65.5 Å². The summed E-state index contributed by atoms with van der Waals surface area (Å²) in [6, 6.07) is 3.69. The predicted molar refractivity (Wildman–Crippen MR) is 83.9 cm³/mol. The van der Waals surface area contributed by atoms with Gasteiger partial charge in [0.15, 0.2) is 0 Å². The highest BCUT2D eigenvalue weighted by Crippen LogP contribution is 2.13. The molecule has 2 rings (SSSR count). The minimum Gasteiger partial charge on any atom is -0.338 e. The minimum absolute atomic E-state index is 0.0879. The van der Waals surface area contributed by atoms with Crippen molar-refractivity contribution >= 4 is 33.6 Å². The molecule has 0 saturated carbocycles. The second kappa shape index (κ2) is 7.00. The van der Waals surface area contributed by atoms with Crippen molar-refractivity contribution in [2.45, 2.75) is 19.9 Å². The Labute approximate surface area is 132 Å². The van der Waals surface area contributed by atoms with Gasteiger partial charge < -0.3 is 10.2 Å². The Balaban J connectivity index is 1.85. The first-order valence-electron chi connectivity index (χ1n) is 6.86. The number of aromatic nitrogens is 1. The summed E-state index contributed by atoms with van der Waals surface area (Å²) in [5.41, 5.74) is 0. The van der Waals surface area contributed by atoms with Gasteiger partial charge >= 0.3 is 0 Å². The third-order valence-electron chi connectivity index (χ3n) is 3.47. The van der Waals surface area contributed by atoms with Crippen LogP contribution in [-0.4, -0.2) is 58.8 Å². The van der Waals surface area contributed by atoms with Gasteiger partial charge in [-0.3, -0.25) is 14.5 Å². The molecule has 21 heavy (non-hydrogen) atoms. The van der Waals surface area contributed by atoms with Gasteiger partial charge in [-0.05, 0) is 19.1 Å². The van der Waals surface area contributed by atoms with Gasteiger partial charge in [0.1, 0.15) is 5.82 Å². The molecule has 6 nitrogen and oxygen atoms in total. The van der Waals surface area contributed by atoms with E-state index < -0.39 is 0 Å². The van der Waals surface area contributed by atoms with E-state index in [1.807, 2.05) is 11.8 Å². The van der Waals surface area contributed by atoms with E-state index in [1.54, 1.807) is 25.3 Å². The molecule has 0 bridgehead atoms. The van der Waals surface area contributed by atoms with Crippen LogP contribution >= 0.6 is 15.9 Å². The number of carbonyl (C=O) groups excluding carboxylic acids is 2. The molecule has 1 aliphatic heterocycles. The van der Waals surface area contributed by atoms with Crippen molar-refractivity contribution in [3.63, 3.8) is 0 Å². The monoisotopic (exact) mass is 354 g/mol. The molecule has 1 fully saturated rings. The first-order valence-corrected chi connectivity index (χ1v) is 7.66. The molecular formula is C14H19BrN4O2. The standard InChI is InChI=1S/C14H19BrN4O2/c1-10-8-18(5-6-19(10)11(2)20)9-14(21)17-13-7-12(15)3-4-16-13/h3-4,7,10H,5-6,8-9H2,1-2H3,(H,16,17,21). The Kier molecular flexibility index (Phi) is 5.30. The van der Waals surface area contributed by atoms with Crippen molar-refractivity contribution in [2.24, 2.45) is 0 Å². The molecule has 1 aromatic heterocycles. The molecule has 114 valence electrons. The molecule has 0 aromatic carbocycles. The van der Waals surface area contributed by atoms with Crippen LogP contribution in [0.5, 0.6) is 0 Å². The van der Waals surface area contributed by atoms with Gasteiger partial charge in [0.2, 0.25) is 11.8 Å². The zero-order chi connectivity index (χ0) is 15.4. The SMILES string of the molecule is CC(=O)N1CCN(CC(=O)Nc2cc(Br)ccn2)CC1C. The highest BCUT2D eigenvalue weighted by molar-refractivity contribution is 9.10. The molecule has 1 atom stereocenters. The maximum atomic E-state index is 12.0. The molecule has 0 aliphatic carbocycles. The smallest absolute Gasteiger partial charge is 0.239 e. The molecule has 0 spiro atoms. The molecule has 1 N–H and O–H groups in total. The summed E-state index contributed by atoms with van der Waals surface area (Å²) in [7, 11) is 0. The van der Waals surface area contributed by atoms with Crippen LogP contribution in [0, 0.1) is 0 Å². The number of nitrogens with one attached hydrogen (secondary N) is 1. The number of rotatable bonds is 3. The number of anilines is 1. The molecule has 0 radical (unpaired) electrons. The maximum Gasteiger partial charge on any atom is 0.239 e. The molecule has 2 amide bonds. The van der Waals surface area contributed by atoms with Gasteiger partial charge in [0.05, 0.1) is 6.54 Å². The fourth-order valence-corrected chi connectivity index (χ4v) is 2.84. The number of piperazine rings is 1. The van der Waals surface area contributed by atoms with E-state index in [4.69, 9.17) is 0 Å². The van der Waals surface area contributed by atoms with E-state index in [-0.39, 0.29) is 17.9 Å². The summed E-state index contributed by atoms with van der Waals surface area (Å²) in [6.45, 7) is 5.98. The number of amides is 2. The minimum atomic E-state index is -0.0934. The lowest BCUT2D eigenvalue weighted by Gasteiger charge is -2.39. The van der Waals surface area contributed by atoms with Crippen molar-refractivity contribution in [3.8, 4) is 0 Å². The maximum absolute atomic E-state index is 12.0. The van der Waals surface area contributed by atoms with Crippen LogP contribution < -0.4 is 5.32 Å². The summed E-state index contributed by atoms with van der Waals surface area (Å²) in [5, 5.41) is 2.78. The predicted octanol–water partition coefficient (Wildman–Crippen LogP) is 1.34. The Bertz CT molecular complexity index is 537. The van der Waals surface area contributed by atoms with Crippen molar-refractivity contribution in [1.29, 1.82) is 0 Å². The number of carbonyl (C=O) groups is 2. The fraction of sp³-hybridized carbons (Fsp3) is 0.500. The van der Waals surface area contributed by atoms with Gasteiger partial charge in [-0.1, -0.05) is 15.9 Å².